The van der Waals surface area contributed by atoms with E-state index in [1.165, 1.54) is 94.8 Å². The minimum atomic E-state index is -4.36. The third-order valence-corrected chi connectivity index (χ3v) is 7.55. The van der Waals surface area contributed by atoms with E-state index in [9.17, 15) is 14.3 Å². The number of carbonyl (C=O) groups is 1. The molecule has 0 aliphatic heterocycles. The monoisotopic (exact) mass is 549 g/mol. The van der Waals surface area contributed by atoms with Crippen molar-refractivity contribution in [1.82, 2.24) is 9.80 Å². The number of unbranched alkanes of at least 4 members (excludes halogenated alkanes) is 15. The van der Waals surface area contributed by atoms with Gasteiger partial charge in [0, 0.05) is 27.2 Å². The molecule has 0 bridgehead atoms. The smallest absolute Gasteiger partial charge is 0.319 e. The molecule has 0 radical (unpaired) electrons. The summed E-state index contributed by atoms with van der Waals surface area (Å²) in [5.41, 5.74) is 0. The standard InChI is InChI=1S/C28H60N3O5P/c1-7-8-9-10-11-12-13-14-15-16-17-18-19-20-21-22-23-30(28(32)29(2)3)24-26-35-37(33,34)36-27-25-31(4,5)6/h7-27H2,1-6H3. The van der Waals surface area contributed by atoms with Crippen LogP contribution in [-0.4, -0.2) is 88.4 Å². The molecule has 0 rings (SSSR count). The van der Waals surface area contributed by atoms with Crippen LogP contribution in [0.4, 0.5) is 4.79 Å². The van der Waals surface area contributed by atoms with Crippen molar-refractivity contribution in [3.05, 3.63) is 0 Å². The first kappa shape index (κ1) is 36.3. The van der Waals surface area contributed by atoms with E-state index in [0.717, 1.165) is 12.8 Å². The Morgan fingerprint density at radius 3 is 1.51 bits per heavy atom. The first-order chi connectivity index (χ1) is 17.5. The Labute approximate surface area is 229 Å². The van der Waals surface area contributed by atoms with Gasteiger partial charge in [-0.2, -0.15) is 0 Å². The topological polar surface area (TPSA) is 82.1 Å². The van der Waals surface area contributed by atoms with E-state index in [2.05, 4.69) is 6.92 Å². The number of urea groups is 1. The summed E-state index contributed by atoms with van der Waals surface area (Å²) in [6.45, 7) is 3.63. The van der Waals surface area contributed by atoms with Crippen LogP contribution in [0.15, 0.2) is 0 Å². The third-order valence-electron chi connectivity index (χ3n) is 6.56. The highest BCUT2D eigenvalue weighted by Crippen LogP contribution is 2.37. The van der Waals surface area contributed by atoms with E-state index < -0.39 is 7.82 Å². The van der Waals surface area contributed by atoms with Crippen LogP contribution in [0.2, 0.25) is 0 Å². The van der Waals surface area contributed by atoms with Crippen LogP contribution >= 0.6 is 7.82 Å². The first-order valence-corrected chi connectivity index (χ1v) is 16.3. The third kappa shape index (κ3) is 24.1. The Balaban J connectivity index is 3.90. The number of phosphoric ester groups is 1. The number of phosphoric acid groups is 1. The van der Waals surface area contributed by atoms with Crippen LogP contribution in [-0.2, 0) is 13.6 Å². The van der Waals surface area contributed by atoms with Gasteiger partial charge in [-0.3, -0.25) is 4.57 Å². The predicted octanol–water partition coefficient (Wildman–Crippen LogP) is 6.44. The summed E-state index contributed by atoms with van der Waals surface area (Å²) < 4.78 is 22.5. The Bertz CT molecular complexity index is 599. The molecule has 0 N–H and O–H groups in total. The number of amides is 2. The summed E-state index contributed by atoms with van der Waals surface area (Å²) >= 11 is 0. The van der Waals surface area contributed by atoms with Crippen LogP contribution in [0.5, 0.6) is 0 Å². The maximum absolute atomic E-state index is 12.5. The summed E-state index contributed by atoms with van der Waals surface area (Å²) in [4.78, 5) is 27.6. The lowest BCUT2D eigenvalue weighted by Gasteiger charge is -2.29. The molecular formula is C28H60N3O5P. The number of likely N-dealkylation sites (N-methyl/N-ethyl adjacent to an activating group) is 1. The van der Waals surface area contributed by atoms with Crippen LogP contribution < -0.4 is 4.89 Å². The highest BCUT2D eigenvalue weighted by atomic mass is 31.2. The van der Waals surface area contributed by atoms with Crippen LogP contribution in [0, 0.1) is 0 Å². The molecule has 8 nitrogen and oxygen atoms in total. The molecule has 0 saturated heterocycles. The zero-order valence-electron chi connectivity index (χ0n) is 25.2. The largest absolute Gasteiger partial charge is 0.756 e. The Morgan fingerprint density at radius 1 is 0.703 bits per heavy atom. The summed E-state index contributed by atoms with van der Waals surface area (Å²) in [7, 11) is 4.93. The molecule has 0 heterocycles. The molecule has 9 heteroatoms. The van der Waals surface area contributed by atoms with E-state index in [1.807, 2.05) is 21.1 Å². The van der Waals surface area contributed by atoms with Gasteiger partial charge >= 0.3 is 6.03 Å². The summed E-state index contributed by atoms with van der Waals surface area (Å²) in [5.74, 6) is 0. The molecule has 0 aliphatic rings. The number of carbonyl (C=O) groups excluding carboxylic acids is 1. The van der Waals surface area contributed by atoms with Crippen molar-refractivity contribution in [2.75, 3.05) is 68.1 Å². The molecule has 0 spiro atoms. The van der Waals surface area contributed by atoms with Crippen molar-refractivity contribution in [3.63, 3.8) is 0 Å². The Hall–Kier alpha value is -0.660. The fourth-order valence-corrected chi connectivity index (χ4v) is 4.85. The quantitative estimate of drug-likeness (QED) is 0.0744. The van der Waals surface area contributed by atoms with Crippen LogP contribution in [0.25, 0.3) is 0 Å². The molecule has 1 atom stereocenters. The van der Waals surface area contributed by atoms with Gasteiger partial charge in [-0.25, -0.2) is 4.79 Å². The SMILES string of the molecule is CCCCCCCCCCCCCCCCCCN(CCOP(=O)([O-])OCC[N+](C)(C)C)C(=O)N(C)C. The second-order valence-corrected chi connectivity index (χ2v) is 13.0. The predicted molar refractivity (Wildman–Crippen MR) is 153 cm³/mol. The molecule has 0 saturated carbocycles. The first-order valence-electron chi connectivity index (χ1n) is 14.9. The lowest BCUT2D eigenvalue weighted by molar-refractivity contribution is -0.870. The zero-order chi connectivity index (χ0) is 28.0. The molecule has 0 aromatic carbocycles. The summed E-state index contributed by atoms with van der Waals surface area (Å²) in [6, 6.07) is -0.128. The number of rotatable bonds is 25. The van der Waals surface area contributed by atoms with E-state index >= 15 is 0 Å². The number of hydrogen-bond acceptors (Lipinski definition) is 5. The van der Waals surface area contributed by atoms with E-state index in [-0.39, 0.29) is 25.8 Å². The molecule has 0 aliphatic carbocycles. The van der Waals surface area contributed by atoms with Gasteiger partial charge in [-0.1, -0.05) is 103 Å². The maximum atomic E-state index is 12.5. The second-order valence-electron chi connectivity index (χ2n) is 11.6. The zero-order valence-corrected chi connectivity index (χ0v) is 26.1. The molecule has 0 aromatic rings. The van der Waals surface area contributed by atoms with E-state index in [0.29, 0.717) is 17.6 Å². The lowest BCUT2D eigenvalue weighted by atomic mass is 10.0. The highest BCUT2D eigenvalue weighted by Gasteiger charge is 2.17. The minimum Gasteiger partial charge on any atom is -0.756 e. The molecule has 1 unspecified atom stereocenters. The molecule has 0 fully saturated rings. The summed E-state index contributed by atoms with van der Waals surface area (Å²) in [6.07, 6.45) is 20.9. The lowest BCUT2D eigenvalue weighted by Crippen LogP contribution is -2.41. The molecule has 2 amide bonds. The molecule has 0 aromatic heterocycles. The van der Waals surface area contributed by atoms with Crippen molar-refractivity contribution >= 4 is 13.9 Å². The Kier molecular flexibility index (Phi) is 21.8. The van der Waals surface area contributed by atoms with Gasteiger partial charge in [0.15, 0.2) is 0 Å². The molecule has 222 valence electrons. The van der Waals surface area contributed by atoms with Crippen molar-refractivity contribution in [1.29, 1.82) is 0 Å². The second kappa shape index (κ2) is 22.2. The average molecular weight is 550 g/mol. The number of quaternary nitrogens is 1. The minimum absolute atomic E-state index is 0.0732. The summed E-state index contributed by atoms with van der Waals surface area (Å²) in [5, 5.41) is 0. The van der Waals surface area contributed by atoms with Crippen LogP contribution in [0.3, 0.4) is 0 Å². The fraction of sp³-hybridized carbons (Fsp3) is 0.964. The molecular weight excluding hydrogens is 489 g/mol. The van der Waals surface area contributed by atoms with Gasteiger partial charge in [0.2, 0.25) is 0 Å². The van der Waals surface area contributed by atoms with Crippen molar-refractivity contribution < 1.29 is 27.8 Å². The van der Waals surface area contributed by atoms with Crippen molar-refractivity contribution in [2.24, 2.45) is 0 Å². The van der Waals surface area contributed by atoms with Gasteiger partial charge < -0.3 is 28.2 Å². The number of nitrogens with zero attached hydrogens (tertiary/aromatic N) is 3. The highest BCUT2D eigenvalue weighted by molar-refractivity contribution is 7.45. The van der Waals surface area contributed by atoms with Gasteiger partial charge in [0.05, 0.1) is 27.7 Å². The average Bonchev–Trinajstić information content (AvgIpc) is 2.81. The van der Waals surface area contributed by atoms with Crippen molar-refractivity contribution in [2.45, 2.75) is 110 Å². The van der Waals surface area contributed by atoms with Gasteiger partial charge in [0.25, 0.3) is 7.82 Å². The maximum Gasteiger partial charge on any atom is 0.319 e. The fourth-order valence-electron chi connectivity index (χ4n) is 4.16. The van der Waals surface area contributed by atoms with Gasteiger partial charge in [-0.15, -0.1) is 0 Å². The van der Waals surface area contributed by atoms with Gasteiger partial charge in [-0.05, 0) is 6.42 Å². The van der Waals surface area contributed by atoms with Crippen molar-refractivity contribution in [3.8, 4) is 0 Å². The van der Waals surface area contributed by atoms with E-state index in [1.54, 1.807) is 19.0 Å². The molecule has 37 heavy (non-hydrogen) atoms. The number of hydrogen-bond donors (Lipinski definition) is 0. The van der Waals surface area contributed by atoms with Gasteiger partial charge in [0.1, 0.15) is 13.2 Å². The van der Waals surface area contributed by atoms with E-state index in [4.69, 9.17) is 9.05 Å². The Morgan fingerprint density at radius 2 is 1.11 bits per heavy atom. The van der Waals surface area contributed by atoms with Crippen LogP contribution in [0.1, 0.15) is 110 Å². The normalized spacial score (nSPS) is 13.5.